The van der Waals surface area contributed by atoms with Crippen molar-refractivity contribution in [3.63, 3.8) is 0 Å². The second-order valence-electron chi connectivity index (χ2n) is 6.57. The van der Waals surface area contributed by atoms with Gasteiger partial charge in [0.25, 0.3) is 11.8 Å². The summed E-state index contributed by atoms with van der Waals surface area (Å²) in [5.41, 5.74) is 5.05. The monoisotopic (exact) mass is 451 g/mol. The fraction of sp³-hybridized carbons (Fsp3) is 0.294. The fourth-order valence-electron chi connectivity index (χ4n) is 2.77. The van der Waals surface area contributed by atoms with E-state index in [0.717, 1.165) is 36.5 Å². The summed E-state index contributed by atoms with van der Waals surface area (Å²) in [5.74, 6) is -4.27. The van der Waals surface area contributed by atoms with Crippen LogP contribution in [0.5, 0.6) is 5.75 Å². The van der Waals surface area contributed by atoms with Gasteiger partial charge in [0.05, 0.1) is 15.5 Å². The molecule has 2 aromatic rings. The van der Waals surface area contributed by atoms with Crippen LogP contribution in [-0.2, 0) is 9.84 Å². The molecule has 1 amide bonds. The van der Waals surface area contributed by atoms with Gasteiger partial charge in [0.2, 0.25) is 9.84 Å². The number of nitrogen functional groups attached to an aromatic ring is 1. The van der Waals surface area contributed by atoms with Crippen LogP contribution < -0.4 is 15.8 Å². The maximum absolute atomic E-state index is 12.8. The zero-order valence-electron chi connectivity index (χ0n) is 14.9. The number of benzene rings is 1. The Kier molecular flexibility index (Phi) is 5.35. The van der Waals surface area contributed by atoms with Gasteiger partial charge in [-0.15, -0.1) is 13.2 Å². The standard InChI is InChI=1S/C17H14F5N3O4S/c18-16(19)6-9(7-16)25-15(26)14-13(23)5-12(8-24-14)30(27,28)11-3-1-10(2-4-11)29-17(20,21)22/h1-5,8-9H,6-7,23H2,(H,25,26). The Morgan fingerprint density at radius 1 is 1.17 bits per heavy atom. The molecule has 1 aromatic carbocycles. The Bertz CT molecular complexity index is 1060. The molecule has 1 aliphatic carbocycles. The van der Waals surface area contributed by atoms with Crippen molar-refractivity contribution in [2.45, 2.75) is 41.0 Å². The number of hydrogen-bond acceptors (Lipinski definition) is 6. The number of rotatable bonds is 5. The first-order valence-corrected chi connectivity index (χ1v) is 9.80. The maximum atomic E-state index is 12.8. The van der Waals surface area contributed by atoms with Gasteiger partial charge in [0, 0.05) is 25.1 Å². The molecule has 0 aliphatic heterocycles. The van der Waals surface area contributed by atoms with E-state index in [1.165, 1.54) is 0 Å². The molecule has 0 radical (unpaired) electrons. The van der Waals surface area contributed by atoms with Crippen molar-refractivity contribution in [3.05, 3.63) is 42.2 Å². The second-order valence-corrected chi connectivity index (χ2v) is 8.52. The van der Waals surface area contributed by atoms with Crippen LogP contribution in [-0.4, -0.2) is 37.6 Å². The summed E-state index contributed by atoms with van der Waals surface area (Å²) in [6, 6.07) is 3.68. The third-order valence-corrected chi connectivity index (χ3v) is 5.95. The summed E-state index contributed by atoms with van der Waals surface area (Å²) in [5, 5.41) is 2.33. The molecule has 0 spiro atoms. The Balaban J connectivity index is 1.77. The highest BCUT2D eigenvalue weighted by atomic mass is 32.2. The zero-order valence-corrected chi connectivity index (χ0v) is 15.7. The number of ether oxygens (including phenoxy) is 1. The van der Waals surface area contributed by atoms with Crippen molar-refractivity contribution < 1.29 is 39.9 Å². The number of pyridine rings is 1. The lowest BCUT2D eigenvalue weighted by Gasteiger charge is -2.35. The number of hydrogen-bond donors (Lipinski definition) is 2. The lowest BCUT2D eigenvalue weighted by molar-refractivity contribution is -0.274. The van der Waals surface area contributed by atoms with Crippen molar-refractivity contribution in [1.82, 2.24) is 10.3 Å². The largest absolute Gasteiger partial charge is 0.573 e. The number of nitrogens with one attached hydrogen (secondary N) is 1. The highest BCUT2D eigenvalue weighted by Gasteiger charge is 2.46. The molecule has 1 fully saturated rings. The summed E-state index contributed by atoms with van der Waals surface area (Å²) >= 11 is 0. The predicted octanol–water partition coefficient (Wildman–Crippen LogP) is 2.92. The molecule has 0 atom stereocenters. The first-order chi connectivity index (χ1) is 13.8. The Morgan fingerprint density at radius 3 is 2.27 bits per heavy atom. The summed E-state index contributed by atoms with van der Waals surface area (Å²) in [6.07, 6.45) is -5.11. The van der Waals surface area contributed by atoms with Gasteiger partial charge in [-0.2, -0.15) is 0 Å². The van der Waals surface area contributed by atoms with E-state index in [4.69, 9.17) is 5.73 Å². The van der Waals surface area contributed by atoms with E-state index >= 15 is 0 Å². The smallest absolute Gasteiger partial charge is 0.406 e. The van der Waals surface area contributed by atoms with Gasteiger partial charge in [-0.25, -0.2) is 22.2 Å². The van der Waals surface area contributed by atoms with E-state index in [1.54, 1.807) is 0 Å². The van der Waals surface area contributed by atoms with Crippen LogP contribution >= 0.6 is 0 Å². The molecule has 1 heterocycles. The van der Waals surface area contributed by atoms with Crippen LogP contribution in [0.15, 0.2) is 46.3 Å². The molecule has 0 saturated heterocycles. The minimum absolute atomic E-state index is 0.309. The zero-order chi connectivity index (χ0) is 22.3. The summed E-state index contributed by atoms with van der Waals surface area (Å²) in [4.78, 5) is 15.1. The van der Waals surface area contributed by atoms with Gasteiger partial charge >= 0.3 is 6.36 Å². The van der Waals surface area contributed by atoms with E-state index in [-0.39, 0.29) is 16.3 Å². The molecular weight excluding hydrogens is 437 g/mol. The minimum Gasteiger partial charge on any atom is -0.406 e. The van der Waals surface area contributed by atoms with Gasteiger partial charge in [-0.1, -0.05) is 0 Å². The summed E-state index contributed by atoms with van der Waals surface area (Å²) < 4.78 is 91.2. The van der Waals surface area contributed by atoms with Crippen molar-refractivity contribution >= 4 is 21.4 Å². The number of carbonyl (C=O) groups is 1. The van der Waals surface area contributed by atoms with Gasteiger partial charge in [0.15, 0.2) is 5.69 Å². The number of alkyl halides is 5. The van der Waals surface area contributed by atoms with Gasteiger partial charge in [0.1, 0.15) is 5.75 Å². The van der Waals surface area contributed by atoms with E-state index in [2.05, 4.69) is 15.0 Å². The number of aromatic nitrogens is 1. The minimum atomic E-state index is -4.93. The average molecular weight is 451 g/mol. The molecule has 0 bridgehead atoms. The average Bonchev–Trinajstić information content (AvgIpc) is 2.59. The molecule has 0 unspecified atom stereocenters. The quantitative estimate of drug-likeness (QED) is 0.677. The highest BCUT2D eigenvalue weighted by molar-refractivity contribution is 7.91. The molecule has 1 saturated carbocycles. The van der Waals surface area contributed by atoms with Crippen LogP contribution in [0.25, 0.3) is 0 Å². The molecule has 7 nitrogen and oxygen atoms in total. The van der Waals surface area contributed by atoms with Crippen LogP contribution in [0.1, 0.15) is 23.3 Å². The SMILES string of the molecule is Nc1cc(S(=O)(=O)c2ccc(OC(F)(F)F)cc2)cnc1C(=O)NC1CC(F)(F)C1. The predicted molar refractivity (Wildman–Crippen MR) is 92.7 cm³/mol. The molecular formula is C17H14F5N3O4S. The Labute approximate surface area is 167 Å². The summed E-state index contributed by atoms with van der Waals surface area (Å²) in [6.45, 7) is 0. The number of carbonyl (C=O) groups excluding carboxylic acids is 1. The van der Waals surface area contributed by atoms with Crippen LogP contribution in [0.2, 0.25) is 0 Å². The van der Waals surface area contributed by atoms with Crippen LogP contribution in [0.3, 0.4) is 0 Å². The lowest BCUT2D eigenvalue weighted by atomic mass is 9.88. The molecule has 3 N–H and O–H groups in total. The molecule has 1 aliphatic rings. The molecule has 30 heavy (non-hydrogen) atoms. The Morgan fingerprint density at radius 2 is 1.77 bits per heavy atom. The number of anilines is 1. The van der Waals surface area contributed by atoms with E-state index in [9.17, 15) is 35.2 Å². The molecule has 162 valence electrons. The normalized spacial score (nSPS) is 16.6. The molecule has 1 aromatic heterocycles. The van der Waals surface area contributed by atoms with Gasteiger partial charge in [-0.05, 0) is 30.3 Å². The number of nitrogens with zero attached hydrogens (tertiary/aromatic N) is 1. The molecule has 3 rings (SSSR count). The first kappa shape index (κ1) is 21.7. The maximum Gasteiger partial charge on any atom is 0.573 e. The fourth-order valence-corrected chi connectivity index (χ4v) is 4.01. The number of sulfone groups is 1. The lowest BCUT2D eigenvalue weighted by Crippen LogP contribution is -2.50. The number of halogens is 5. The summed E-state index contributed by atoms with van der Waals surface area (Å²) in [7, 11) is -4.21. The highest BCUT2D eigenvalue weighted by Crippen LogP contribution is 2.37. The third-order valence-electron chi connectivity index (χ3n) is 4.21. The van der Waals surface area contributed by atoms with E-state index in [0.29, 0.717) is 0 Å². The van der Waals surface area contributed by atoms with Crippen molar-refractivity contribution in [2.75, 3.05) is 5.73 Å². The van der Waals surface area contributed by atoms with Crippen molar-refractivity contribution in [3.8, 4) is 5.75 Å². The van der Waals surface area contributed by atoms with E-state index in [1.807, 2.05) is 0 Å². The van der Waals surface area contributed by atoms with Gasteiger partial charge < -0.3 is 15.8 Å². The van der Waals surface area contributed by atoms with Gasteiger partial charge in [-0.3, -0.25) is 4.79 Å². The first-order valence-electron chi connectivity index (χ1n) is 8.32. The van der Waals surface area contributed by atoms with Crippen molar-refractivity contribution in [1.29, 1.82) is 0 Å². The van der Waals surface area contributed by atoms with E-state index < -0.39 is 57.6 Å². The Hall–Kier alpha value is -2.96. The van der Waals surface area contributed by atoms with Crippen LogP contribution in [0, 0.1) is 0 Å². The topological polar surface area (TPSA) is 111 Å². The molecule has 13 heteroatoms. The third kappa shape index (κ3) is 4.78. The van der Waals surface area contributed by atoms with Crippen LogP contribution in [0.4, 0.5) is 27.6 Å². The number of amides is 1. The second kappa shape index (κ2) is 7.38. The van der Waals surface area contributed by atoms with Crippen molar-refractivity contribution in [2.24, 2.45) is 0 Å². The number of nitrogens with two attached hydrogens (primary N) is 1.